The van der Waals surface area contributed by atoms with Gasteiger partial charge in [0.25, 0.3) is 5.91 Å². The third kappa shape index (κ3) is 4.01. The van der Waals surface area contributed by atoms with Crippen LogP contribution in [0.3, 0.4) is 0 Å². The largest absolute Gasteiger partial charge is 0.493 e. The Hall–Kier alpha value is -3.28. The molecule has 3 aromatic rings. The zero-order chi connectivity index (χ0) is 19.3. The van der Waals surface area contributed by atoms with Crippen molar-refractivity contribution in [3.63, 3.8) is 0 Å². The van der Waals surface area contributed by atoms with Crippen LogP contribution in [0.2, 0.25) is 0 Å². The number of methoxy groups -OCH3 is 1. The predicted octanol–water partition coefficient (Wildman–Crippen LogP) is 4.92. The molecule has 1 N–H and O–H groups in total. The second-order valence-electron chi connectivity index (χ2n) is 6.79. The van der Waals surface area contributed by atoms with Gasteiger partial charge in [-0.1, -0.05) is 35.5 Å². The van der Waals surface area contributed by atoms with Gasteiger partial charge in [-0.3, -0.25) is 4.79 Å². The number of amides is 1. The maximum atomic E-state index is 12.6. The second-order valence-corrected chi connectivity index (χ2v) is 6.79. The number of nitrogens with zero attached hydrogens (tertiary/aromatic N) is 1. The Balaban J connectivity index is 1.49. The smallest absolute Gasteiger partial charge is 0.277 e. The maximum absolute atomic E-state index is 12.6. The monoisotopic (exact) mass is 378 g/mol. The third-order valence-electron chi connectivity index (χ3n) is 4.82. The van der Waals surface area contributed by atoms with E-state index in [-0.39, 0.29) is 17.7 Å². The highest BCUT2D eigenvalue weighted by molar-refractivity contribution is 6.03. The number of aromatic nitrogens is 1. The standard InChI is InChI=1S/C22H22N2O4/c1-26-19-12-11-16(13-21(19)27-17-9-5-6-10-17)23-22(25)18-14-20(28-24-18)15-7-3-2-4-8-15/h2-4,7-8,11-14,17H,5-6,9-10H2,1H3,(H,23,25). The number of ether oxygens (including phenoxy) is 2. The average molecular weight is 378 g/mol. The van der Waals surface area contributed by atoms with Gasteiger partial charge in [-0.25, -0.2) is 0 Å². The SMILES string of the molecule is COc1ccc(NC(=O)c2cc(-c3ccccc3)on2)cc1OC1CCCC1. The summed E-state index contributed by atoms with van der Waals surface area (Å²) in [6.45, 7) is 0. The van der Waals surface area contributed by atoms with Crippen LogP contribution in [0.1, 0.15) is 36.2 Å². The van der Waals surface area contributed by atoms with E-state index >= 15 is 0 Å². The third-order valence-corrected chi connectivity index (χ3v) is 4.82. The van der Waals surface area contributed by atoms with E-state index in [1.165, 1.54) is 12.8 Å². The lowest BCUT2D eigenvalue weighted by Gasteiger charge is -2.17. The van der Waals surface area contributed by atoms with Crippen LogP contribution in [0, 0.1) is 0 Å². The minimum atomic E-state index is -0.345. The lowest BCUT2D eigenvalue weighted by Crippen LogP contribution is -2.14. The van der Waals surface area contributed by atoms with Gasteiger partial charge in [0.05, 0.1) is 13.2 Å². The van der Waals surface area contributed by atoms with E-state index in [0.29, 0.717) is 22.9 Å². The minimum absolute atomic E-state index is 0.198. The Morgan fingerprint density at radius 2 is 1.86 bits per heavy atom. The molecule has 1 aliphatic carbocycles. The van der Waals surface area contributed by atoms with E-state index in [4.69, 9.17) is 14.0 Å². The van der Waals surface area contributed by atoms with Gasteiger partial charge in [-0.15, -0.1) is 0 Å². The molecule has 0 saturated heterocycles. The molecule has 1 heterocycles. The molecule has 4 rings (SSSR count). The minimum Gasteiger partial charge on any atom is -0.493 e. The van der Waals surface area contributed by atoms with Crippen LogP contribution in [0.5, 0.6) is 11.5 Å². The summed E-state index contributed by atoms with van der Waals surface area (Å²) in [6.07, 6.45) is 4.64. The molecule has 0 radical (unpaired) electrons. The summed E-state index contributed by atoms with van der Waals surface area (Å²) in [5.74, 6) is 1.49. The molecular weight excluding hydrogens is 356 g/mol. The molecule has 144 valence electrons. The summed E-state index contributed by atoms with van der Waals surface area (Å²) in [5.41, 5.74) is 1.70. The van der Waals surface area contributed by atoms with E-state index < -0.39 is 0 Å². The van der Waals surface area contributed by atoms with Gasteiger partial charge >= 0.3 is 0 Å². The number of carbonyl (C=O) groups is 1. The van der Waals surface area contributed by atoms with E-state index in [0.717, 1.165) is 18.4 Å². The van der Waals surface area contributed by atoms with Crippen molar-refractivity contribution >= 4 is 11.6 Å². The maximum Gasteiger partial charge on any atom is 0.277 e. The molecule has 1 saturated carbocycles. The van der Waals surface area contributed by atoms with Gasteiger partial charge in [0, 0.05) is 23.4 Å². The molecule has 1 amide bonds. The van der Waals surface area contributed by atoms with Gasteiger partial charge in [-0.05, 0) is 37.8 Å². The van der Waals surface area contributed by atoms with Crippen molar-refractivity contribution in [3.8, 4) is 22.8 Å². The zero-order valence-corrected chi connectivity index (χ0v) is 15.7. The fraction of sp³-hybridized carbons (Fsp3) is 0.273. The first-order chi connectivity index (χ1) is 13.7. The van der Waals surface area contributed by atoms with Gasteiger partial charge in [0.1, 0.15) is 0 Å². The Morgan fingerprint density at radius 1 is 1.07 bits per heavy atom. The highest BCUT2D eigenvalue weighted by Crippen LogP contribution is 2.34. The number of carbonyl (C=O) groups excluding carboxylic acids is 1. The lowest BCUT2D eigenvalue weighted by atomic mass is 10.1. The predicted molar refractivity (Wildman–Crippen MR) is 106 cm³/mol. The molecular formula is C22H22N2O4. The molecule has 6 heteroatoms. The summed E-state index contributed by atoms with van der Waals surface area (Å²) in [5, 5.41) is 6.73. The van der Waals surface area contributed by atoms with Crippen molar-refractivity contribution in [3.05, 3.63) is 60.3 Å². The Labute approximate surface area is 163 Å². The van der Waals surface area contributed by atoms with Crippen molar-refractivity contribution in [1.82, 2.24) is 5.16 Å². The van der Waals surface area contributed by atoms with Crippen LogP contribution < -0.4 is 14.8 Å². The highest BCUT2D eigenvalue weighted by atomic mass is 16.5. The molecule has 1 fully saturated rings. The van der Waals surface area contributed by atoms with Crippen molar-refractivity contribution in [2.24, 2.45) is 0 Å². The number of benzene rings is 2. The van der Waals surface area contributed by atoms with E-state index in [1.807, 2.05) is 30.3 Å². The first-order valence-electron chi connectivity index (χ1n) is 9.41. The van der Waals surface area contributed by atoms with E-state index in [9.17, 15) is 4.79 Å². The van der Waals surface area contributed by atoms with Crippen molar-refractivity contribution in [1.29, 1.82) is 0 Å². The molecule has 2 aromatic carbocycles. The fourth-order valence-corrected chi connectivity index (χ4v) is 3.35. The number of nitrogens with one attached hydrogen (secondary N) is 1. The van der Waals surface area contributed by atoms with E-state index in [2.05, 4.69) is 10.5 Å². The molecule has 1 aromatic heterocycles. The summed E-state index contributed by atoms with van der Waals surface area (Å²) < 4.78 is 16.8. The molecule has 6 nitrogen and oxygen atoms in total. The average Bonchev–Trinajstić information content (AvgIpc) is 3.41. The molecule has 28 heavy (non-hydrogen) atoms. The summed E-state index contributed by atoms with van der Waals surface area (Å²) >= 11 is 0. The van der Waals surface area contributed by atoms with Crippen LogP contribution >= 0.6 is 0 Å². The Kier molecular flexibility index (Phi) is 5.28. The first-order valence-corrected chi connectivity index (χ1v) is 9.41. The van der Waals surface area contributed by atoms with Crippen molar-refractivity contribution in [2.75, 3.05) is 12.4 Å². The van der Waals surface area contributed by atoms with E-state index in [1.54, 1.807) is 31.4 Å². The number of anilines is 1. The second kappa shape index (κ2) is 8.17. The lowest BCUT2D eigenvalue weighted by molar-refractivity contribution is 0.101. The first kappa shape index (κ1) is 18.1. The van der Waals surface area contributed by atoms with Crippen molar-refractivity contribution in [2.45, 2.75) is 31.8 Å². The summed E-state index contributed by atoms with van der Waals surface area (Å²) in [4.78, 5) is 12.6. The van der Waals surface area contributed by atoms with Crippen molar-refractivity contribution < 1.29 is 18.8 Å². The highest BCUT2D eigenvalue weighted by Gasteiger charge is 2.19. The van der Waals surface area contributed by atoms with Crippen LogP contribution in [0.15, 0.2) is 59.1 Å². The van der Waals surface area contributed by atoms with Crippen LogP contribution in [0.25, 0.3) is 11.3 Å². The topological polar surface area (TPSA) is 73.6 Å². The number of rotatable bonds is 6. The zero-order valence-electron chi connectivity index (χ0n) is 15.7. The molecule has 0 spiro atoms. The van der Waals surface area contributed by atoms with Crippen LogP contribution in [-0.4, -0.2) is 24.3 Å². The number of hydrogen-bond acceptors (Lipinski definition) is 5. The molecule has 1 aliphatic rings. The van der Waals surface area contributed by atoms with Gasteiger partial charge in [0.15, 0.2) is 23.0 Å². The summed E-state index contributed by atoms with van der Waals surface area (Å²) in [7, 11) is 1.61. The molecule has 0 aliphatic heterocycles. The molecule has 0 bridgehead atoms. The molecule has 0 atom stereocenters. The summed E-state index contributed by atoms with van der Waals surface area (Å²) in [6, 6.07) is 16.5. The quantitative estimate of drug-likeness (QED) is 0.659. The normalized spacial score (nSPS) is 14.0. The van der Waals surface area contributed by atoms with Crippen LogP contribution in [-0.2, 0) is 0 Å². The fourth-order valence-electron chi connectivity index (χ4n) is 3.35. The van der Waals surface area contributed by atoms with Gasteiger partial charge in [-0.2, -0.15) is 0 Å². The Morgan fingerprint density at radius 3 is 2.61 bits per heavy atom. The Bertz CT molecular complexity index is 946. The van der Waals surface area contributed by atoms with Crippen LogP contribution in [0.4, 0.5) is 5.69 Å². The van der Waals surface area contributed by atoms with Gasteiger partial charge < -0.3 is 19.3 Å². The van der Waals surface area contributed by atoms with Gasteiger partial charge in [0.2, 0.25) is 0 Å². The number of hydrogen-bond donors (Lipinski definition) is 1. The molecule has 0 unspecified atom stereocenters.